The van der Waals surface area contributed by atoms with Crippen molar-refractivity contribution in [2.24, 2.45) is 0 Å². The second-order valence-electron chi connectivity index (χ2n) is 5.31. The molecule has 3 rings (SSSR count). The zero-order chi connectivity index (χ0) is 14.1. The summed E-state index contributed by atoms with van der Waals surface area (Å²) >= 11 is 0. The van der Waals surface area contributed by atoms with E-state index >= 15 is 0 Å². The Balaban J connectivity index is 2.14. The van der Waals surface area contributed by atoms with Crippen molar-refractivity contribution in [1.82, 2.24) is 14.5 Å². The number of anilines is 1. The molecule has 0 spiro atoms. The van der Waals surface area contributed by atoms with Crippen LogP contribution in [-0.4, -0.2) is 14.5 Å². The molecular weight excluding hydrogens is 248 g/mol. The molecule has 0 radical (unpaired) electrons. The molecule has 0 aliphatic rings. The Morgan fingerprint density at radius 1 is 1.15 bits per heavy atom. The Morgan fingerprint density at radius 2 is 1.90 bits per heavy atom. The van der Waals surface area contributed by atoms with Crippen molar-refractivity contribution in [3.05, 3.63) is 54.1 Å². The van der Waals surface area contributed by atoms with E-state index in [1.54, 1.807) is 0 Å². The normalized spacial score (nSPS) is 11.3. The predicted molar refractivity (Wildman–Crippen MR) is 81.6 cm³/mol. The van der Waals surface area contributed by atoms with Gasteiger partial charge in [-0.15, -0.1) is 0 Å². The largest absolute Gasteiger partial charge is 0.399 e. The van der Waals surface area contributed by atoms with Crippen molar-refractivity contribution in [2.75, 3.05) is 5.73 Å². The molecule has 0 saturated carbocycles. The standard InChI is InChI=1S/C16H18N4/c1-11(2)16-19-14-9-13(17)3-4-15(14)20(16)10-12-5-7-18-8-6-12/h3-9,11H,10,17H2,1-2H3. The number of rotatable bonds is 3. The first kappa shape index (κ1) is 12.7. The molecule has 4 nitrogen and oxygen atoms in total. The van der Waals surface area contributed by atoms with Gasteiger partial charge in [-0.2, -0.15) is 0 Å². The van der Waals surface area contributed by atoms with Crippen LogP contribution in [0.3, 0.4) is 0 Å². The third-order valence-corrected chi connectivity index (χ3v) is 3.41. The van der Waals surface area contributed by atoms with Gasteiger partial charge in [-0.05, 0) is 35.9 Å². The van der Waals surface area contributed by atoms with E-state index in [4.69, 9.17) is 10.7 Å². The van der Waals surface area contributed by atoms with Gasteiger partial charge in [0.15, 0.2) is 0 Å². The van der Waals surface area contributed by atoms with Gasteiger partial charge in [-0.25, -0.2) is 4.98 Å². The van der Waals surface area contributed by atoms with Crippen molar-refractivity contribution in [3.63, 3.8) is 0 Å². The van der Waals surface area contributed by atoms with Crippen molar-refractivity contribution < 1.29 is 0 Å². The second-order valence-corrected chi connectivity index (χ2v) is 5.31. The molecule has 0 amide bonds. The Labute approximate surface area is 118 Å². The number of nitrogen functional groups attached to an aromatic ring is 1. The van der Waals surface area contributed by atoms with E-state index in [-0.39, 0.29) is 0 Å². The van der Waals surface area contributed by atoms with Crippen molar-refractivity contribution in [1.29, 1.82) is 0 Å². The van der Waals surface area contributed by atoms with Crippen molar-refractivity contribution in [3.8, 4) is 0 Å². The van der Waals surface area contributed by atoms with E-state index in [0.29, 0.717) is 5.92 Å². The quantitative estimate of drug-likeness (QED) is 0.741. The van der Waals surface area contributed by atoms with Gasteiger partial charge in [0, 0.05) is 30.5 Å². The molecule has 1 aromatic carbocycles. The molecule has 3 aromatic rings. The van der Waals surface area contributed by atoms with Gasteiger partial charge in [0.1, 0.15) is 5.82 Å². The van der Waals surface area contributed by atoms with Crippen LogP contribution in [0.4, 0.5) is 5.69 Å². The van der Waals surface area contributed by atoms with E-state index in [1.807, 2.05) is 42.7 Å². The van der Waals surface area contributed by atoms with Gasteiger partial charge in [0.25, 0.3) is 0 Å². The van der Waals surface area contributed by atoms with Crippen LogP contribution in [0.15, 0.2) is 42.7 Å². The summed E-state index contributed by atoms with van der Waals surface area (Å²) in [6.45, 7) is 5.12. The molecule has 20 heavy (non-hydrogen) atoms. The zero-order valence-corrected chi connectivity index (χ0v) is 11.7. The van der Waals surface area contributed by atoms with E-state index in [9.17, 15) is 0 Å². The topological polar surface area (TPSA) is 56.7 Å². The van der Waals surface area contributed by atoms with Crippen LogP contribution in [0.25, 0.3) is 11.0 Å². The third kappa shape index (κ3) is 2.25. The van der Waals surface area contributed by atoms with Gasteiger partial charge in [0.2, 0.25) is 0 Å². The number of imidazole rings is 1. The smallest absolute Gasteiger partial charge is 0.112 e. The number of benzene rings is 1. The molecule has 102 valence electrons. The first-order chi connectivity index (χ1) is 9.65. The molecule has 0 unspecified atom stereocenters. The minimum absolute atomic E-state index is 0.366. The van der Waals surface area contributed by atoms with Gasteiger partial charge in [-0.1, -0.05) is 13.8 Å². The first-order valence-corrected chi connectivity index (χ1v) is 6.79. The van der Waals surface area contributed by atoms with Crippen LogP contribution >= 0.6 is 0 Å². The fraction of sp³-hybridized carbons (Fsp3) is 0.250. The molecule has 2 aromatic heterocycles. The molecule has 0 bridgehead atoms. The van der Waals surface area contributed by atoms with Crippen LogP contribution in [0.2, 0.25) is 0 Å². The highest BCUT2D eigenvalue weighted by molar-refractivity contribution is 5.79. The first-order valence-electron chi connectivity index (χ1n) is 6.79. The summed E-state index contributed by atoms with van der Waals surface area (Å²) in [5, 5.41) is 0. The molecule has 0 atom stereocenters. The Bertz CT molecular complexity index is 729. The zero-order valence-electron chi connectivity index (χ0n) is 11.7. The van der Waals surface area contributed by atoms with Crippen LogP contribution < -0.4 is 5.73 Å². The summed E-state index contributed by atoms with van der Waals surface area (Å²) < 4.78 is 2.26. The van der Waals surface area contributed by atoms with Gasteiger partial charge in [-0.3, -0.25) is 4.98 Å². The maximum atomic E-state index is 5.85. The number of nitrogens with zero attached hydrogens (tertiary/aromatic N) is 3. The lowest BCUT2D eigenvalue weighted by atomic mass is 10.2. The number of fused-ring (bicyclic) bond motifs is 1. The SMILES string of the molecule is CC(C)c1nc2cc(N)ccc2n1Cc1ccncc1. The fourth-order valence-corrected chi connectivity index (χ4v) is 2.44. The van der Waals surface area contributed by atoms with Gasteiger partial charge in [0.05, 0.1) is 11.0 Å². The molecule has 0 aliphatic carbocycles. The molecule has 0 aliphatic heterocycles. The van der Waals surface area contributed by atoms with Crippen LogP contribution in [0.5, 0.6) is 0 Å². The molecule has 2 N–H and O–H groups in total. The van der Waals surface area contributed by atoms with Crippen LogP contribution in [0, 0.1) is 0 Å². The Kier molecular flexibility index (Phi) is 3.14. The Morgan fingerprint density at radius 3 is 2.60 bits per heavy atom. The molecular formula is C16H18N4. The van der Waals surface area contributed by atoms with E-state index in [0.717, 1.165) is 29.1 Å². The lowest BCUT2D eigenvalue weighted by Crippen LogP contribution is -2.06. The van der Waals surface area contributed by atoms with Gasteiger partial charge >= 0.3 is 0 Å². The highest BCUT2D eigenvalue weighted by Gasteiger charge is 2.14. The average Bonchev–Trinajstić information content (AvgIpc) is 2.78. The highest BCUT2D eigenvalue weighted by atomic mass is 15.1. The maximum absolute atomic E-state index is 5.85. The number of nitrogens with two attached hydrogens (primary N) is 1. The number of pyridine rings is 1. The lowest BCUT2D eigenvalue weighted by molar-refractivity contribution is 0.683. The maximum Gasteiger partial charge on any atom is 0.112 e. The van der Waals surface area contributed by atoms with Crippen molar-refractivity contribution >= 4 is 16.7 Å². The minimum Gasteiger partial charge on any atom is -0.399 e. The van der Waals surface area contributed by atoms with E-state index in [1.165, 1.54) is 5.56 Å². The fourth-order valence-electron chi connectivity index (χ4n) is 2.44. The monoisotopic (exact) mass is 266 g/mol. The molecule has 0 fully saturated rings. The van der Waals surface area contributed by atoms with Crippen LogP contribution in [0.1, 0.15) is 31.2 Å². The summed E-state index contributed by atoms with van der Waals surface area (Å²) in [6.07, 6.45) is 3.64. The van der Waals surface area contributed by atoms with E-state index in [2.05, 4.69) is 23.4 Å². The summed E-state index contributed by atoms with van der Waals surface area (Å²) in [6, 6.07) is 9.98. The minimum atomic E-state index is 0.366. The summed E-state index contributed by atoms with van der Waals surface area (Å²) in [5.74, 6) is 1.45. The Hall–Kier alpha value is -2.36. The molecule has 2 heterocycles. The van der Waals surface area contributed by atoms with Crippen molar-refractivity contribution in [2.45, 2.75) is 26.3 Å². The summed E-state index contributed by atoms with van der Waals surface area (Å²) in [5.41, 5.74) is 9.91. The summed E-state index contributed by atoms with van der Waals surface area (Å²) in [4.78, 5) is 8.80. The third-order valence-electron chi connectivity index (χ3n) is 3.41. The second kappa shape index (κ2) is 4.96. The number of aromatic nitrogens is 3. The predicted octanol–water partition coefficient (Wildman–Crippen LogP) is 3.19. The number of hydrogen-bond donors (Lipinski definition) is 1. The molecule has 4 heteroatoms. The van der Waals surface area contributed by atoms with E-state index < -0.39 is 0 Å². The average molecular weight is 266 g/mol. The van der Waals surface area contributed by atoms with Crippen LogP contribution in [-0.2, 0) is 6.54 Å². The molecule has 0 saturated heterocycles. The summed E-state index contributed by atoms with van der Waals surface area (Å²) in [7, 11) is 0. The van der Waals surface area contributed by atoms with Gasteiger partial charge < -0.3 is 10.3 Å². The lowest BCUT2D eigenvalue weighted by Gasteiger charge is -2.11. The number of hydrogen-bond acceptors (Lipinski definition) is 3. The highest BCUT2D eigenvalue weighted by Crippen LogP contribution is 2.24.